The van der Waals surface area contributed by atoms with Crippen molar-refractivity contribution >= 4 is 28.3 Å². The Kier molecular flexibility index (Phi) is 5.32. The molecule has 3 aliphatic rings. The number of nitrogens with zero attached hydrogens (tertiary/aromatic N) is 5. The molecule has 8 nitrogen and oxygen atoms in total. The molecular formula is C23H32N6O2. The van der Waals surface area contributed by atoms with Gasteiger partial charge in [-0.25, -0.2) is 9.67 Å². The first-order valence-electron chi connectivity index (χ1n) is 11.7. The predicted molar refractivity (Wildman–Crippen MR) is 120 cm³/mol. The summed E-state index contributed by atoms with van der Waals surface area (Å²) in [4.78, 5) is 24.4. The van der Waals surface area contributed by atoms with Crippen molar-refractivity contribution < 1.29 is 9.63 Å². The van der Waals surface area contributed by atoms with Crippen molar-refractivity contribution in [3.8, 4) is 0 Å². The van der Waals surface area contributed by atoms with Gasteiger partial charge in [0.1, 0.15) is 5.60 Å². The first kappa shape index (κ1) is 20.3. The van der Waals surface area contributed by atoms with Gasteiger partial charge < -0.3 is 15.1 Å². The molecule has 0 atom stereocenters. The van der Waals surface area contributed by atoms with Crippen LogP contribution in [-0.4, -0.2) is 56.0 Å². The van der Waals surface area contributed by atoms with Crippen LogP contribution in [0.25, 0.3) is 11.0 Å². The number of aromatic nitrogens is 3. The van der Waals surface area contributed by atoms with Gasteiger partial charge >= 0.3 is 0 Å². The summed E-state index contributed by atoms with van der Waals surface area (Å²) in [6.45, 7) is 6.08. The average molecular weight is 425 g/mol. The molecule has 0 bridgehead atoms. The van der Waals surface area contributed by atoms with E-state index in [4.69, 9.17) is 9.82 Å². The Balaban J connectivity index is 1.45. The smallest absolute Gasteiger partial charge is 0.219 e. The fourth-order valence-electron chi connectivity index (χ4n) is 5.31. The standard InChI is InChI=1S/C23H32N6O2/c1-3-29-22-19(15-25-29)21(26-17-7-11-28(12-8-17)16(2)30)18(14-24-22)20-13-23(31-27-20)9-5-4-6-10-23/h14-15,17H,3-13H2,1-2H3,(H,24,26). The number of carbonyl (C=O) groups excluding carboxylic acids is 1. The number of amides is 1. The van der Waals surface area contributed by atoms with Gasteiger partial charge in [-0.05, 0) is 45.4 Å². The van der Waals surface area contributed by atoms with E-state index >= 15 is 0 Å². The van der Waals surface area contributed by atoms with Crippen LogP contribution in [-0.2, 0) is 16.2 Å². The number of likely N-dealkylation sites (tertiary alicyclic amines) is 1. The molecule has 5 rings (SSSR count). The quantitative estimate of drug-likeness (QED) is 0.809. The van der Waals surface area contributed by atoms with Crippen molar-refractivity contribution in [1.82, 2.24) is 19.7 Å². The van der Waals surface area contributed by atoms with Crippen molar-refractivity contribution in [3.05, 3.63) is 18.0 Å². The summed E-state index contributed by atoms with van der Waals surface area (Å²) in [5.74, 6) is 0.157. The maximum absolute atomic E-state index is 11.7. The summed E-state index contributed by atoms with van der Waals surface area (Å²) in [6.07, 6.45) is 12.4. The molecular weight excluding hydrogens is 392 g/mol. The molecule has 8 heteroatoms. The molecule has 1 spiro atoms. The molecule has 31 heavy (non-hydrogen) atoms. The molecule has 2 aromatic rings. The van der Waals surface area contributed by atoms with Gasteiger partial charge in [-0.15, -0.1) is 0 Å². The second kappa shape index (κ2) is 8.13. The van der Waals surface area contributed by atoms with Gasteiger partial charge in [-0.3, -0.25) is 4.79 Å². The summed E-state index contributed by atoms with van der Waals surface area (Å²) in [5.41, 5.74) is 3.84. The highest BCUT2D eigenvalue weighted by atomic mass is 16.7. The second-order valence-corrected chi connectivity index (χ2v) is 9.22. The predicted octanol–water partition coefficient (Wildman–Crippen LogP) is 3.70. The Labute approximate surface area is 183 Å². The Morgan fingerprint density at radius 2 is 2.00 bits per heavy atom. The Hall–Kier alpha value is -2.64. The monoisotopic (exact) mass is 424 g/mol. The molecule has 0 radical (unpaired) electrons. The van der Waals surface area contributed by atoms with Crippen LogP contribution in [0.5, 0.6) is 0 Å². The normalized spacial score (nSPS) is 21.4. The van der Waals surface area contributed by atoms with Gasteiger partial charge in [0.15, 0.2) is 5.65 Å². The zero-order chi connectivity index (χ0) is 21.4. The molecule has 1 saturated heterocycles. The van der Waals surface area contributed by atoms with Gasteiger partial charge in [-0.1, -0.05) is 11.6 Å². The van der Waals surface area contributed by atoms with E-state index in [0.29, 0.717) is 6.04 Å². The molecule has 0 aromatic carbocycles. The Morgan fingerprint density at radius 1 is 1.23 bits per heavy atom. The molecule has 0 unspecified atom stereocenters. The maximum Gasteiger partial charge on any atom is 0.219 e. The highest BCUT2D eigenvalue weighted by molar-refractivity contribution is 6.10. The topological polar surface area (TPSA) is 84.6 Å². The van der Waals surface area contributed by atoms with Crippen LogP contribution in [0.3, 0.4) is 0 Å². The molecule has 166 valence electrons. The lowest BCUT2D eigenvalue weighted by molar-refractivity contribution is -0.129. The fourth-order valence-corrected chi connectivity index (χ4v) is 5.31. The largest absolute Gasteiger partial charge is 0.389 e. The zero-order valence-electron chi connectivity index (χ0n) is 18.6. The van der Waals surface area contributed by atoms with Gasteiger partial charge in [0, 0.05) is 50.8 Å². The lowest BCUT2D eigenvalue weighted by atomic mass is 9.80. The van der Waals surface area contributed by atoms with Crippen LogP contribution < -0.4 is 5.32 Å². The van der Waals surface area contributed by atoms with E-state index in [0.717, 1.165) is 79.7 Å². The van der Waals surface area contributed by atoms with Crippen molar-refractivity contribution in [2.45, 2.75) is 83.4 Å². The van der Waals surface area contributed by atoms with Crippen molar-refractivity contribution in [3.63, 3.8) is 0 Å². The van der Waals surface area contributed by atoms with Gasteiger partial charge in [0.05, 0.1) is 23.0 Å². The molecule has 1 amide bonds. The van der Waals surface area contributed by atoms with E-state index in [-0.39, 0.29) is 11.5 Å². The van der Waals surface area contributed by atoms with Gasteiger partial charge in [0.25, 0.3) is 0 Å². The van der Waals surface area contributed by atoms with Crippen LogP contribution in [0.2, 0.25) is 0 Å². The number of fused-ring (bicyclic) bond motifs is 1. The highest BCUT2D eigenvalue weighted by Crippen LogP contribution is 2.41. The fraction of sp³-hybridized carbons (Fsp3) is 0.652. The van der Waals surface area contributed by atoms with E-state index in [2.05, 4.69) is 22.5 Å². The Bertz CT molecular complexity index is 999. The SMILES string of the molecule is CCn1ncc2c(NC3CCN(C(C)=O)CC3)c(C3=NOC4(CCCCC4)C3)cnc21. The maximum atomic E-state index is 11.7. The minimum atomic E-state index is -0.125. The summed E-state index contributed by atoms with van der Waals surface area (Å²) < 4.78 is 1.93. The van der Waals surface area contributed by atoms with Crippen LogP contribution >= 0.6 is 0 Å². The minimum absolute atomic E-state index is 0.125. The van der Waals surface area contributed by atoms with Crippen LogP contribution in [0, 0.1) is 0 Å². The number of hydrogen-bond donors (Lipinski definition) is 1. The van der Waals surface area contributed by atoms with Gasteiger partial charge in [-0.2, -0.15) is 5.10 Å². The van der Waals surface area contributed by atoms with Crippen molar-refractivity contribution in [2.75, 3.05) is 18.4 Å². The third kappa shape index (κ3) is 3.77. The number of nitrogens with one attached hydrogen (secondary N) is 1. The van der Waals surface area contributed by atoms with E-state index < -0.39 is 0 Å². The summed E-state index contributed by atoms with van der Waals surface area (Å²) >= 11 is 0. The highest BCUT2D eigenvalue weighted by Gasteiger charge is 2.41. The first-order chi connectivity index (χ1) is 15.1. The summed E-state index contributed by atoms with van der Waals surface area (Å²) in [5, 5.41) is 13.9. The molecule has 2 aromatic heterocycles. The molecule has 1 aliphatic carbocycles. The number of rotatable bonds is 4. The van der Waals surface area contributed by atoms with E-state index in [1.54, 1.807) is 6.92 Å². The number of hydrogen-bond acceptors (Lipinski definition) is 6. The summed E-state index contributed by atoms with van der Waals surface area (Å²) in [6, 6.07) is 0.302. The lowest BCUT2D eigenvalue weighted by Gasteiger charge is -2.33. The average Bonchev–Trinajstić information content (AvgIpc) is 3.39. The third-order valence-corrected chi connectivity index (χ3v) is 7.17. The van der Waals surface area contributed by atoms with Crippen molar-refractivity contribution in [1.29, 1.82) is 0 Å². The van der Waals surface area contributed by atoms with Crippen LogP contribution in [0.4, 0.5) is 5.69 Å². The lowest BCUT2D eigenvalue weighted by Crippen LogP contribution is -2.41. The van der Waals surface area contributed by atoms with E-state index in [1.807, 2.05) is 22.0 Å². The Morgan fingerprint density at radius 3 is 2.71 bits per heavy atom. The number of oxime groups is 1. The van der Waals surface area contributed by atoms with Gasteiger partial charge in [0.2, 0.25) is 5.91 Å². The molecule has 1 N–H and O–H groups in total. The molecule has 2 aliphatic heterocycles. The minimum Gasteiger partial charge on any atom is -0.389 e. The van der Waals surface area contributed by atoms with E-state index in [9.17, 15) is 4.79 Å². The molecule has 1 saturated carbocycles. The molecule has 2 fully saturated rings. The number of pyridine rings is 1. The number of aryl methyl sites for hydroxylation is 1. The molecule has 4 heterocycles. The number of carbonyl (C=O) groups is 1. The number of piperidine rings is 1. The zero-order valence-corrected chi connectivity index (χ0v) is 18.6. The second-order valence-electron chi connectivity index (χ2n) is 9.22. The van der Waals surface area contributed by atoms with Crippen molar-refractivity contribution in [2.24, 2.45) is 5.16 Å². The number of anilines is 1. The third-order valence-electron chi connectivity index (χ3n) is 7.17. The first-order valence-corrected chi connectivity index (χ1v) is 11.7. The van der Waals surface area contributed by atoms with E-state index in [1.165, 1.54) is 19.3 Å². The van der Waals surface area contributed by atoms with Crippen LogP contribution in [0.15, 0.2) is 17.5 Å². The van der Waals surface area contributed by atoms with Crippen LogP contribution in [0.1, 0.15) is 70.8 Å². The summed E-state index contributed by atoms with van der Waals surface area (Å²) in [7, 11) is 0.